The topological polar surface area (TPSA) is 0 Å². The Morgan fingerprint density at radius 1 is 0.389 bits per heavy atom. The van der Waals surface area contributed by atoms with Crippen LogP contribution in [-0.2, 0) is 0 Å². The van der Waals surface area contributed by atoms with E-state index < -0.39 is 0 Å². The molecule has 4 heterocycles. The lowest BCUT2D eigenvalue weighted by atomic mass is 9.96. The first-order valence-electron chi connectivity index (χ1n) is 11.7. The van der Waals surface area contributed by atoms with Crippen molar-refractivity contribution < 1.29 is 0 Å². The zero-order valence-corrected chi connectivity index (χ0v) is 25.4. The molecule has 0 saturated heterocycles. The third-order valence-corrected chi connectivity index (χ3v) is 18.1. The molecule has 0 atom stereocenters. The van der Waals surface area contributed by atoms with Gasteiger partial charge in [0.1, 0.15) is 0 Å². The number of fused-ring (bicyclic) bond motifs is 3. The number of benzene rings is 4. The van der Waals surface area contributed by atoms with Crippen LogP contribution >= 0.6 is 94.1 Å². The molecule has 4 aromatic carbocycles. The van der Waals surface area contributed by atoms with Crippen LogP contribution < -0.4 is 10.4 Å². The molecule has 0 unspecified atom stereocenters. The largest absolute Gasteiger partial charge is 0.116 e. The summed E-state index contributed by atoms with van der Waals surface area (Å²) in [6.07, 6.45) is 0. The van der Waals surface area contributed by atoms with Crippen LogP contribution in [0.5, 0.6) is 0 Å². The molecule has 0 amide bonds. The van der Waals surface area contributed by atoms with E-state index in [9.17, 15) is 0 Å². The molecule has 0 radical (unpaired) electrons. The van der Waals surface area contributed by atoms with E-state index >= 15 is 0 Å². The molecule has 0 spiro atoms. The summed E-state index contributed by atoms with van der Waals surface area (Å²) in [5.41, 5.74) is 0. The lowest BCUT2D eigenvalue weighted by Gasteiger charge is -2.12. The second-order valence-corrected chi connectivity index (χ2v) is 18.6. The maximum atomic E-state index is 2.46. The fourth-order valence-corrected chi connectivity index (χ4v) is 17.1. The molecule has 4 aliphatic rings. The number of rotatable bonds is 0. The molecule has 36 heavy (non-hydrogen) atoms. The summed E-state index contributed by atoms with van der Waals surface area (Å²) in [5, 5.41) is 11.1. The number of hydrogen-bond acceptors (Lipinski definition) is 8. The van der Waals surface area contributed by atoms with Gasteiger partial charge in [0.15, 0.2) is 0 Å². The van der Waals surface area contributed by atoms with E-state index in [4.69, 9.17) is 0 Å². The third-order valence-electron chi connectivity index (χ3n) is 6.47. The fourth-order valence-electron chi connectivity index (χ4n) is 4.94. The van der Waals surface area contributed by atoms with E-state index in [2.05, 4.69) is 60.7 Å². The normalized spacial score (nSPS) is 20.2. The van der Waals surface area contributed by atoms with Crippen molar-refractivity contribution in [2.45, 2.75) is 0 Å². The minimum atomic E-state index is 1.22. The molecule has 0 fully saturated rings. The number of thioether (sulfide) groups is 8. The summed E-state index contributed by atoms with van der Waals surface area (Å²) < 4.78 is 8.94. The minimum Gasteiger partial charge on any atom is -0.116 e. The van der Waals surface area contributed by atoms with E-state index in [-0.39, 0.29) is 0 Å². The Hall–Kier alpha value is -0.320. The quantitative estimate of drug-likeness (QED) is 0.178. The van der Waals surface area contributed by atoms with Crippen LogP contribution in [0.2, 0.25) is 0 Å². The van der Waals surface area contributed by atoms with Gasteiger partial charge in [0.2, 0.25) is 0 Å². The molecule has 0 bridgehead atoms. The van der Waals surface area contributed by atoms with E-state index in [1.165, 1.54) is 91.2 Å². The minimum absolute atomic E-state index is 1.22. The molecule has 4 aliphatic heterocycles. The van der Waals surface area contributed by atoms with Gasteiger partial charge < -0.3 is 0 Å². The fraction of sp³-hybridized carbons (Fsp3) is 0.143. The van der Waals surface area contributed by atoms with Crippen LogP contribution in [0.15, 0.2) is 77.6 Å². The van der Waals surface area contributed by atoms with Crippen molar-refractivity contribution >= 4 is 135 Å². The second-order valence-electron chi connectivity index (χ2n) is 8.57. The highest BCUT2D eigenvalue weighted by Gasteiger charge is 2.29. The van der Waals surface area contributed by atoms with Crippen LogP contribution in [0.1, 0.15) is 0 Å². The van der Waals surface area contributed by atoms with Gasteiger partial charge in [-0.25, -0.2) is 0 Å². The van der Waals surface area contributed by atoms with Gasteiger partial charge in [-0.1, -0.05) is 95.6 Å². The van der Waals surface area contributed by atoms with Gasteiger partial charge in [0.05, 0.1) is 25.4 Å². The molecule has 0 aromatic heterocycles. The molecular weight excluding hydrogens is 593 g/mol. The highest BCUT2D eigenvalue weighted by atomic mass is 32.3. The van der Waals surface area contributed by atoms with Crippen LogP contribution in [0.4, 0.5) is 0 Å². The zero-order chi connectivity index (χ0) is 23.6. The van der Waals surface area contributed by atoms with Gasteiger partial charge in [-0.15, -0.1) is 47.0 Å². The highest BCUT2D eigenvalue weighted by Crippen LogP contribution is 2.61. The Labute approximate surface area is 243 Å². The maximum Gasteiger partial charge on any atom is 0.0660 e. The summed E-state index contributed by atoms with van der Waals surface area (Å²) in [6.45, 7) is 0. The molecule has 0 N–H and O–H groups in total. The molecule has 8 rings (SSSR count). The van der Waals surface area contributed by atoms with Crippen molar-refractivity contribution in [2.24, 2.45) is 0 Å². The molecular formula is C28H18S8. The molecule has 0 aliphatic carbocycles. The highest BCUT2D eigenvalue weighted by molar-refractivity contribution is 8.47. The van der Waals surface area contributed by atoms with E-state index in [0.29, 0.717) is 0 Å². The van der Waals surface area contributed by atoms with Crippen molar-refractivity contribution in [3.8, 4) is 0 Å². The van der Waals surface area contributed by atoms with Gasteiger partial charge in [-0.3, -0.25) is 0 Å². The third kappa shape index (κ3) is 3.93. The van der Waals surface area contributed by atoms with Gasteiger partial charge in [-0.05, 0) is 44.5 Å². The molecule has 8 heteroatoms. The van der Waals surface area contributed by atoms with E-state index in [0.717, 1.165) is 0 Å². The zero-order valence-electron chi connectivity index (χ0n) is 18.9. The Kier molecular flexibility index (Phi) is 6.35. The molecule has 178 valence electrons. The lowest BCUT2D eigenvalue weighted by molar-refractivity contribution is 1.56. The Morgan fingerprint density at radius 2 is 0.750 bits per heavy atom. The summed E-state index contributed by atoms with van der Waals surface area (Å²) in [5.74, 6) is 4.87. The van der Waals surface area contributed by atoms with Gasteiger partial charge in [-0.2, -0.15) is 0 Å². The van der Waals surface area contributed by atoms with Crippen molar-refractivity contribution in [3.63, 3.8) is 0 Å². The van der Waals surface area contributed by atoms with Crippen LogP contribution in [0.3, 0.4) is 0 Å². The first-order valence-corrected chi connectivity index (χ1v) is 18.9. The monoisotopic (exact) mass is 610 g/mol. The molecule has 4 aromatic rings. The average molecular weight is 611 g/mol. The van der Waals surface area contributed by atoms with Crippen LogP contribution in [-0.4, -0.2) is 23.0 Å². The van der Waals surface area contributed by atoms with Gasteiger partial charge >= 0.3 is 0 Å². The average Bonchev–Trinajstić information content (AvgIpc) is 3.54. The molecule has 0 saturated carbocycles. The van der Waals surface area contributed by atoms with Crippen molar-refractivity contribution in [3.05, 3.63) is 88.0 Å². The first-order chi connectivity index (χ1) is 17.8. The van der Waals surface area contributed by atoms with Crippen LogP contribution in [0.25, 0.3) is 40.8 Å². The summed E-state index contributed by atoms with van der Waals surface area (Å²) in [4.78, 5) is 0. The van der Waals surface area contributed by atoms with Crippen molar-refractivity contribution in [2.75, 3.05) is 23.0 Å². The summed E-state index contributed by atoms with van der Waals surface area (Å²) in [6, 6.07) is 22.9. The Bertz CT molecular complexity index is 1630. The number of hydrogen-bond donors (Lipinski definition) is 0. The van der Waals surface area contributed by atoms with Crippen molar-refractivity contribution in [1.29, 1.82) is 0 Å². The van der Waals surface area contributed by atoms with E-state index in [1.54, 1.807) is 0 Å². The smallest absolute Gasteiger partial charge is 0.0660 e. The maximum absolute atomic E-state index is 2.46. The predicted molar refractivity (Wildman–Crippen MR) is 179 cm³/mol. The SMILES string of the molecule is c1ccc2cc3c(=C4SC5=C(SCCS5)S4)c4ccccc4c(=C4SC5=C(SCCS5)S4)c3cc2c1. The van der Waals surface area contributed by atoms with Gasteiger partial charge in [0, 0.05) is 33.4 Å². The Balaban J connectivity index is 1.52. The van der Waals surface area contributed by atoms with Crippen molar-refractivity contribution in [1.82, 2.24) is 0 Å². The standard InChI is InChI=1S/C28H18S8/c1-2-6-16-14-20-19(13-15(16)5-1)21(23-33-25-26(34-23)30-10-9-29-25)17-7-3-4-8-18(17)22(20)24-35-27-28(36-24)32-12-11-31-27/h1-8,13-14H,9-12H2. The van der Waals surface area contributed by atoms with Gasteiger partial charge in [0.25, 0.3) is 0 Å². The van der Waals surface area contributed by atoms with Crippen LogP contribution in [0, 0.1) is 0 Å². The molecule has 0 nitrogen and oxygen atoms in total. The Morgan fingerprint density at radius 3 is 1.14 bits per heavy atom. The summed E-state index contributed by atoms with van der Waals surface area (Å²) >= 11 is 16.2. The van der Waals surface area contributed by atoms with E-state index in [1.807, 2.05) is 94.1 Å². The second kappa shape index (κ2) is 9.70. The lowest BCUT2D eigenvalue weighted by Crippen LogP contribution is -2.17. The first kappa shape index (κ1) is 23.6. The summed E-state index contributed by atoms with van der Waals surface area (Å²) in [7, 11) is 0. The predicted octanol–water partition coefficient (Wildman–Crippen LogP) is 9.45.